The minimum absolute atomic E-state index is 0.0817. The van der Waals surface area contributed by atoms with E-state index in [1.165, 1.54) is 0 Å². The molecule has 6 nitrogen and oxygen atoms in total. The zero-order valence-corrected chi connectivity index (χ0v) is 10.5. The molecule has 1 rings (SSSR count). The van der Waals surface area contributed by atoms with E-state index in [-0.39, 0.29) is 18.8 Å². The highest BCUT2D eigenvalue weighted by atomic mass is 16.6. The lowest BCUT2D eigenvalue weighted by molar-refractivity contribution is -0.149. The molecule has 0 aliphatic heterocycles. The van der Waals surface area contributed by atoms with E-state index < -0.39 is 23.8 Å². The van der Waals surface area contributed by atoms with Crippen molar-refractivity contribution in [1.29, 1.82) is 0 Å². The topological polar surface area (TPSA) is 89.9 Å². The van der Waals surface area contributed by atoms with Crippen LogP contribution in [0.2, 0.25) is 0 Å². The summed E-state index contributed by atoms with van der Waals surface area (Å²) >= 11 is 0. The van der Waals surface area contributed by atoms with Crippen LogP contribution in [0.25, 0.3) is 0 Å². The summed E-state index contributed by atoms with van der Waals surface area (Å²) in [6.45, 7) is 3.03. The lowest BCUT2D eigenvalue weighted by atomic mass is 9.88. The van der Waals surface area contributed by atoms with Crippen LogP contribution in [-0.2, 0) is 23.9 Å². The zero-order valence-electron chi connectivity index (χ0n) is 10.5. The van der Waals surface area contributed by atoms with Gasteiger partial charge in [-0.15, -0.1) is 0 Å². The maximum atomic E-state index is 11.7. The van der Waals surface area contributed by atoms with Crippen molar-refractivity contribution in [3.8, 4) is 0 Å². The zero-order chi connectivity index (χ0) is 14.3. The summed E-state index contributed by atoms with van der Waals surface area (Å²) in [5, 5.41) is 9.00. The fraction of sp³-hybridized carbons (Fsp3) is 0.462. The van der Waals surface area contributed by atoms with Gasteiger partial charge in [0.15, 0.2) is 0 Å². The van der Waals surface area contributed by atoms with Crippen LogP contribution in [0.15, 0.2) is 24.3 Å². The molecule has 104 valence electrons. The number of hydrogen-bond acceptors (Lipinski definition) is 5. The smallest absolute Gasteiger partial charge is 0.334 e. The van der Waals surface area contributed by atoms with Gasteiger partial charge in [-0.3, -0.25) is 4.79 Å². The highest BCUT2D eigenvalue weighted by Crippen LogP contribution is 2.25. The van der Waals surface area contributed by atoms with Crippen molar-refractivity contribution in [2.45, 2.75) is 19.3 Å². The van der Waals surface area contributed by atoms with E-state index in [0.717, 1.165) is 12.5 Å². The number of carbonyl (C=O) groups is 3. The van der Waals surface area contributed by atoms with E-state index in [1.807, 2.05) is 0 Å². The Labute approximate surface area is 110 Å². The minimum Gasteiger partial charge on any atom is -0.481 e. The average molecular weight is 268 g/mol. The van der Waals surface area contributed by atoms with Gasteiger partial charge in [0.2, 0.25) is 0 Å². The van der Waals surface area contributed by atoms with E-state index in [2.05, 4.69) is 11.3 Å². The van der Waals surface area contributed by atoms with Crippen LogP contribution in [0.1, 0.15) is 19.3 Å². The molecule has 0 radical (unpaired) electrons. The molecule has 0 aromatic carbocycles. The Morgan fingerprint density at radius 2 is 2.05 bits per heavy atom. The molecule has 0 fully saturated rings. The monoisotopic (exact) mass is 268 g/mol. The third kappa shape index (κ3) is 4.57. The molecule has 0 heterocycles. The van der Waals surface area contributed by atoms with Crippen LogP contribution >= 0.6 is 0 Å². The van der Waals surface area contributed by atoms with E-state index in [1.54, 1.807) is 6.08 Å². The average Bonchev–Trinajstić information content (AvgIpc) is 2.42. The van der Waals surface area contributed by atoms with Gasteiger partial charge < -0.3 is 14.6 Å². The molecule has 1 atom stereocenters. The van der Waals surface area contributed by atoms with Crippen LogP contribution in [0.3, 0.4) is 0 Å². The maximum Gasteiger partial charge on any atom is 0.334 e. The molecule has 1 N–H and O–H groups in total. The number of hydrogen-bond donors (Lipinski definition) is 1. The second kappa shape index (κ2) is 7.35. The molecular weight excluding hydrogens is 252 g/mol. The number of allylic oxidation sites excluding steroid dienone is 1. The van der Waals surface area contributed by atoms with Gasteiger partial charge in [0.05, 0.1) is 5.92 Å². The Kier molecular flexibility index (Phi) is 5.78. The van der Waals surface area contributed by atoms with Crippen LogP contribution < -0.4 is 0 Å². The van der Waals surface area contributed by atoms with Crippen LogP contribution in [0.4, 0.5) is 0 Å². The molecule has 0 bridgehead atoms. The highest BCUT2D eigenvalue weighted by molar-refractivity contribution is 5.95. The number of carboxylic acids is 1. The number of esters is 2. The maximum absolute atomic E-state index is 11.7. The molecule has 6 heteroatoms. The Balaban J connectivity index is 2.43. The molecule has 0 saturated carbocycles. The fourth-order valence-electron chi connectivity index (χ4n) is 1.78. The molecule has 0 aromatic rings. The summed E-state index contributed by atoms with van der Waals surface area (Å²) in [7, 11) is 0. The molecule has 0 saturated heterocycles. The van der Waals surface area contributed by atoms with Crippen molar-refractivity contribution in [1.82, 2.24) is 0 Å². The van der Waals surface area contributed by atoms with Gasteiger partial charge in [0.1, 0.15) is 13.2 Å². The summed E-state index contributed by atoms with van der Waals surface area (Å²) < 4.78 is 9.51. The normalized spacial score (nSPS) is 18.1. The molecular formula is C13H16O6. The first kappa shape index (κ1) is 14.9. The molecule has 0 aromatic heterocycles. The van der Waals surface area contributed by atoms with Crippen LogP contribution in [0, 0.1) is 5.92 Å². The second-order valence-corrected chi connectivity index (χ2v) is 3.99. The SMILES string of the molecule is C=CC(=O)OCCOC(=O)C1=CCCCC1C(=O)O. The predicted molar refractivity (Wildman–Crippen MR) is 65.2 cm³/mol. The van der Waals surface area contributed by atoms with E-state index in [4.69, 9.17) is 9.84 Å². The largest absolute Gasteiger partial charge is 0.481 e. The summed E-state index contributed by atoms with van der Waals surface area (Å²) in [5.74, 6) is -3.10. The standard InChI is InChI=1S/C13H16O6/c1-2-11(14)18-7-8-19-13(17)10-6-4-3-5-9(10)12(15)16/h2,6,9H,1,3-5,7-8H2,(H,15,16). The Bertz CT molecular complexity index is 409. The van der Waals surface area contributed by atoms with Crippen LogP contribution in [0.5, 0.6) is 0 Å². The van der Waals surface area contributed by atoms with E-state index in [9.17, 15) is 14.4 Å². The van der Waals surface area contributed by atoms with Crippen molar-refractivity contribution >= 4 is 17.9 Å². The number of carboxylic acid groups (broad SMARTS) is 1. The summed E-state index contributed by atoms with van der Waals surface area (Å²) in [6.07, 6.45) is 4.44. The summed E-state index contributed by atoms with van der Waals surface area (Å²) in [6, 6.07) is 0. The lowest BCUT2D eigenvalue weighted by Crippen LogP contribution is -2.26. The number of carbonyl (C=O) groups excluding carboxylic acids is 2. The van der Waals surface area contributed by atoms with Gasteiger partial charge in [0.25, 0.3) is 0 Å². The number of ether oxygens (including phenoxy) is 2. The number of rotatable bonds is 6. The first-order valence-corrected chi connectivity index (χ1v) is 5.95. The molecule has 1 aliphatic rings. The van der Waals surface area contributed by atoms with E-state index >= 15 is 0 Å². The third-order valence-corrected chi connectivity index (χ3v) is 2.70. The Morgan fingerprint density at radius 3 is 2.68 bits per heavy atom. The first-order valence-electron chi connectivity index (χ1n) is 5.95. The van der Waals surface area contributed by atoms with Gasteiger partial charge in [0, 0.05) is 11.6 Å². The fourth-order valence-corrected chi connectivity index (χ4v) is 1.78. The summed E-state index contributed by atoms with van der Waals surface area (Å²) in [4.78, 5) is 33.4. The third-order valence-electron chi connectivity index (χ3n) is 2.70. The molecule has 0 spiro atoms. The highest BCUT2D eigenvalue weighted by Gasteiger charge is 2.30. The van der Waals surface area contributed by atoms with Gasteiger partial charge in [-0.05, 0) is 19.3 Å². The lowest BCUT2D eigenvalue weighted by Gasteiger charge is -2.19. The first-order chi connectivity index (χ1) is 9.06. The van der Waals surface area contributed by atoms with Gasteiger partial charge in [-0.1, -0.05) is 12.7 Å². The Hall–Kier alpha value is -2.11. The predicted octanol–water partition coefficient (Wildman–Crippen LogP) is 1.07. The van der Waals surface area contributed by atoms with Gasteiger partial charge in [-0.2, -0.15) is 0 Å². The summed E-state index contributed by atoms with van der Waals surface area (Å²) in [5.41, 5.74) is 0.175. The Morgan fingerprint density at radius 1 is 1.37 bits per heavy atom. The number of aliphatic carboxylic acids is 1. The molecule has 1 aliphatic carbocycles. The van der Waals surface area contributed by atoms with Crippen molar-refractivity contribution in [3.05, 3.63) is 24.3 Å². The quantitative estimate of drug-likeness (QED) is 0.440. The minimum atomic E-state index is -1.03. The van der Waals surface area contributed by atoms with E-state index in [0.29, 0.717) is 12.8 Å². The van der Waals surface area contributed by atoms with Crippen molar-refractivity contribution < 1.29 is 29.0 Å². The van der Waals surface area contributed by atoms with Gasteiger partial charge in [-0.25, -0.2) is 9.59 Å². The van der Waals surface area contributed by atoms with Crippen molar-refractivity contribution in [2.24, 2.45) is 5.92 Å². The van der Waals surface area contributed by atoms with Crippen molar-refractivity contribution in [2.75, 3.05) is 13.2 Å². The van der Waals surface area contributed by atoms with Crippen molar-refractivity contribution in [3.63, 3.8) is 0 Å². The van der Waals surface area contributed by atoms with Crippen LogP contribution in [-0.4, -0.2) is 36.2 Å². The molecule has 1 unspecified atom stereocenters. The second-order valence-electron chi connectivity index (χ2n) is 3.99. The van der Waals surface area contributed by atoms with Gasteiger partial charge >= 0.3 is 17.9 Å². The molecule has 19 heavy (non-hydrogen) atoms. The molecule has 0 amide bonds.